The maximum absolute atomic E-state index is 12.9. The fourth-order valence-corrected chi connectivity index (χ4v) is 3.42. The Balaban J connectivity index is 2.48. The monoisotopic (exact) mass is 359 g/mol. The molecule has 0 aromatic heterocycles. The average Bonchev–Trinajstić information content (AvgIpc) is 2.92. The summed E-state index contributed by atoms with van der Waals surface area (Å²) in [6, 6.07) is 8.86. The van der Waals surface area contributed by atoms with Gasteiger partial charge in [-0.3, -0.25) is 4.90 Å². The fourth-order valence-electron chi connectivity index (χ4n) is 3.42. The van der Waals surface area contributed by atoms with Gasteiger partial charge in [0.05, 0.1) is 13.2 Å². The van der Waals surface area contributed by atoms with Crippen molar-refractivity contribution in [2.24, 2.45) is 0 Å². The molecule has 0 radical (unpaired) electrons. The quantitative estimate of drug-likeness (QED) is 0.597. The van der Waals surface area contributed by atoms with E-state index in [1.165, 1.54) is 7.11 Å². The van der Waals surface area contributed by atoms with E-state index in [1.54, 1.807) is 4.90 Å². The van der Waals surface area contributed by atoms with Crippen molar-refractivity contribution in [3.63, 3.8) is 0 Å². The largest absolute Gasteiger partial charge is 0.467 e. The van der Waals surface area contributed by atoms with Gasteiger partial charge in [0.15, 0.2) is 0 Å². The van der Waals surface area contributed by atoms with E-state index in [1.807, 2.05) is 71.0 Å². The zero-order valence-electron chi connectivity index (χ0n) is 16.5. The highest BCUT2D eigenvalue weighted by molar-refractivity contribution is 5.84. The van der Waals surface area contributed by atoms with Gasteiger partial charge in [-0.2, -0.15) is 0 Å². The summed E-state index contributed by atoms with van der Waals surface area (Å²) in [6.07, 6.45) is 2.17. The number of benzene rings is 1. The lowest BCUT2D eigenvalue weighted by Gasteiger charge is -2.31. The van der Waals surface area contributed by atoms with Crippen molar-refractivity contribution in [3.05, 3.63) is 47.5 Å². The van der Waals surface area contributed by atoms with Crippen LogP contribution in [-0.4, -0.2) is 41.8 Å². The van der Waals surface area contributed by atoms with Crippen LogP contribution in [0.5, 0.6) is 0 Å². The third-order valence-electron chi connectivity index (χ3n) is 4.33. The molecule has 1 aromatic rings. The van der Waals surface area contributed by atoms with Crippen LogP contribution < -0.4 is 0 Å². The predicted octanol–water partition coefficient (Wildman–Crippen LogP) is 4.29. The van der Waals surface area contributed by atoms with E-state index in [9.17, 15) is 9.59 Å². The minimum atomic E-state index is -0.710. The van der Waals surface area contributed by atoms with Crippen molar-refractivity contribution in [2.75, 3.05) is 7.11 Å². The van der Waals surface area contributed by atoms with E-state index in [0.29, 0.717) is 6.42 Å². The van der Waals surface area contributed by atoms with Gasteiger partial charge >= 0.3 is 12.1 Å². The second kappa shape index (κ2) is 7.94. The molecule has 5 heteroatoms. The number of allylic oxidation sites excluding steroid dienone is 1. The molecule has 5 nitrogen and oxygen atoms in total. The summed E-state index contributed by atoms with van der Waals surface area (Å²) in [4.78, 5) is 27.1. The Kier molecular flexibility index (Phi) is 6.11. The van der Waals surface area contributed by atoms with Crippen molar-refractivity contribution in [1.29, 1.82) is 0 Å². The van der Waals surface area contributed by atoms with Crippen LogP contribution in [-0.2, 0) is 14.3 Å². The van der Waals surface area contributed by atoms with Crippen LogP contribution in [0.3, 0.4) is 0 Å². The summed E-state index contributed by atoms with van der Waals surface area (Å²) in [5, 5.41) is 0. The molecule has 0 aliphatic carbocycles. The Morgan fingerprint density at radius 2 is 1.77 bits per heavy atom. The highest BCUT2D eigenvalue weighted by Gasteiger charge is 2.49. The van der Waals surface area contributed by atoms with E-state index >= 15 is 0 Å². The average molecular weight is 359 g/mol. The number of amides is 1. The lowest BCUT2D eigenvalue weighted by Crippen LogP contribution is -2.48. The predicted molar refractivity (Wildman–Crippen MR) is 101 cm³/mol. The Labute approximate surface area is 156 Å². The summed E-state index contributed by atoms with van der Waals surface area (Å²) in [7, 11) is 1.35. The van der Waals surface area contributed by atoms with Crippen LogP contribution in [0, 0.1) is 0 Å². The van der Waals surface area contributed by atoms with Crippen LogP contribution in [0.15, 0.2) is 42.0 Å². The molecule has 1 aromatic carbocycles. The number of methoxy groups -OCH3 is 1. The molecule has 142 valence electrons. The van der Waals surface area contributed by atoms with Crippen molar-refractivity contribution in [3.8, 4) is 0 Å². The van der Waals surface area contributed by atoms with E-state index in [2.05, 4.69) is 0 Å². The molecule has 1 heterocycles. The van der Waals surface area contributed by atoms with Crippen molar-refractivity contribution in [2.45, 2.75) is 64.6 Å². The summed E-state index contributed by atoms with van der Waals surface area (Å²) < 4.78 is 10.6. The van der Waals surface area contributed by atoms with Gasteiger partial charge in [0.1, 0.15) is 11.6 Å². The SMILES string of the molecule is COC(=O)[C@@H]1[C@H](c2ccccc2)C[C@@H](C=C(C)C)N1C(=O)OC(C)(C)C. The summed E-state index contributed by atoms with van der Waals surface area (Å²) >= 11 is 0. The van der Waals surface area contributed by atoms with E-state index < -0.39 is 23.7 Å². The fraction of sp³-hybridized carbons (Fsp3) is 0.524. The first kappa shape index (κ1) is 20.0. The highest BCUT2D eigenvalue weighted by Crippen LogP contribution is 2.40. The Morgan fingerprint density at radius 3 is 2.27 bits per heavy atom. The number of rotatable bonds is 3. The van der Waals surface area contributed by atoms with Crippen molar-refractivity contribution < 1.29 is 19.1 Å². The number of esters is 1. The van der Waals surface area contributed by atoms with Crippen LogP contribution in [0.25, 0.3) is 0 Å². The topological polar surface area (TPSA) is 55.8 Å². The zero-order chi connectivity index (χ0) is 19.5. The van der Waals surface area contributed by atoms with Crippen molar-refractivity contribution in [1.82, 2.24) is 4.90 Å². The van der Waals surface area contributed by atoms with Crippen LogP contribution in [0.4, 0.5) is 4.79 Å². The maximum Gasteiger partial charge on any atom is 0.411 e. The van der Waals surface area contributed by atoms with E-state index in [-0.39, 0.29) is 12.0 Å². The van der Waals surface area contributed by atoms with Gasteiger partial charge in [0.2, 0.25) is 0 Å². The molecule has 0 saturated carbocycles. The lowest BCUT2D eigenvalue weighted by molar-refractivity contribution is -0.146. The smallest absolute Gasteiger partial charge is 0.411 e. The van der Waals surface area contributed by atoms with Gasteiger partial charge in [0.25, 0.3) is 0 Å². The molecule has 1 aliphatic rings. The summed E-state index contributed by atoms with van der Waals surface area (Å²) in [5.74, 6) is -0.564. The number of hydrogen-bond donors (Lipinski definition) is 0. The molecule has 26 heavy (non-hydrogen) atoms. The number of likely N-dealkylation sites (tertiary alicyclic amines) is 1. The molecule has 1 aliphatic heterocycles. The summed E-state index contributed by atoms with van der Waals surface area (Å²) in [6.45, 7) is 9.42. The van der Waals surface area contributed by atoms with Gasteiger partial charge in [-0.15, -0.1) is 0 Å². The second-order valence-corrected chi connectivity index (χ2v) is 7.92. The maximum atomic E-state index is 12.9. The molecule has 1 amide bonds. The number of hydrogen-bond acceptors (Lipinski definition) is 4. The lowest BCUT2D eigenvalue weighted by atomic mass is 9.90. The minimum absolute atomic E-state index is 0.142. The number of carbonyl (C=O) groups excluding carboxylic acids is 2. The second-order valence-electron chi connectivity index (χ2n) is 7.92. The Hall–Kier alpha value is -2.30. The molecule has 0 unspecified atom stereocenters. The molecule has 1 fully saturated rings. The molecular weight excluding hydrogens is 330 g/mol. The third kappa shape index (κ3) is 4.65. The van der Waals surface area contributed by atoms with Gasteiger partial charge in [-0.05, 0) is 46.6 Å². The molecular formula is C21H29NO4. The normalized spacial score (nSPS) is 22.7. The molecule has 0 spiro atoms. The van der Waals surface area contributed by atoms with Gasteiger partial charge in [0, 0.05) is 5.92 Å². The summed E-state index contributed by atoms with van der Waals surface area (Å²) in [5.41, 5.74) is 1.46. The Morgan fingerprint density at radius 1 is 1.15 bits per heavy atom. The first-order valence-corrected chi connectivity index (χ1v) is 8.93. The molecule has 0 bridgehead atoms. The first-order chi connectivity index (χ1) is 12.1. The van der Waals surface area contributed by atoms with Crippen LogP contribution in [0.1, 0.15) is 52.5 Å². The standard InChI is InChI=1S/C21H29NO4/c1-14(2)12-16-13-17(15-10-8-7-9-11-15)18(19(23)25-6)22(16)20(24)26-21(3,4)5/h7-12,16-18H,13H2,1-6H3/t16-,17+,18+/m1/s1. The van der Waals surface area contributed by atoms with Gasteiger partial charge in [-0.1, -0.05) is 42.0 Å². The minimum Gasteiger partial charge on any atom is -0.467 e. The zero-order valence-corrected chi connectivity index (χ0v) is 16.5. The number of nitrogens with zero attached hydrogens (tertiary/aromatic N) is 1. The van der Waals surface area contributed by atoms with Crippen LogP contribution in [0.2, 0.25) is 0 Å². The highest BCUT2D eigenvalue weighted by atomic mass is 16.6. The van der Waals surface area contributed by atoms with Gasteiger partial charge < -0.3 is 9.47 Å². The number of ether oxygens (including phenoxy) is 2. The number of carbonyl (C=O) groups is 2. The van der Waals surface area contributed by atoms with Crippen LogP contribution >= 0.6 is 0 Å². The Bertz CT molecular complexity index is 671. The molecule has 2 rings (SSSR count). The first-order valence-electron chi connectivity index (χ1n) is 8.93. The van der Waals surface area contributed by atoms with E-state index in [0.717, 1.165) is 11.1 Å². The third-order valence-corrected chi connectivity index (χ3v) is 4.33. The van der Waals surface area contributed by atoms with Gasteiger partial charge in [-0.25, -0.2) is 9.59 Å². The molecule has 3 atom stereocenters. The van der Waals surface area contributed by atoms with Crippen molar-refractivity contribution >= 4 is 12.1 Å². The van der Waals surface area contributed by atoms with E-state index in [4.69, 9.17) is 9.47 Å². The molecule has 0 N–H and O–H groups in total. The molecule has 1 saturated heterocycles.